The van der Waals surface area contributed by atoms with Crippen molar-refractivity contribution in [1.82, 2.24) is 9.78 Å². The summed E-state index contributed by atoms with van der Waals surface area (Å²) in [5.41, 5.74) is 7.04. The molecule has 0 aliphatic heterocycles. The van der Waals surface area contributed by atoms with Crippen molar-refractivity contribution in [2.24, 2.45) is 7.05 Å². The average molecular weight is 266 g/mol. The highest BCUT2D eigenvalue weighted by molar-refractivity contribution is 6.33. The lowest BCUT2D eigenvalue weighted by Crippen LogP contribution is -2.06. The van der Waals surface area contributed by atoms with E-state index in [1.165, 1.54) is 6.07 Å². The van der Waals surface area contributed by atoms with Crippen molar-refractivity contribution in [2.45, 2.75) is 6.61 Å². The minimum atomic E-state index is -0.456. The van der Waals surface area contributed by atoms with Gasteiger partial charge in [0.1, 0.15) is 6.61 Å². The van der Waals surface area contributed by atoms with Gasteiger partial charge in [0.05, 0.1) is 22.0 Å². The van der Waals surface area contributed by atoms with Crippen LogP contribution < -0.4 is 5.73 Å². The molecule has 0 amide bonds. The molecule has 94 valence electrons. The molecule has 0 fully saturated rings. The molecule has 0 atom stereocenters. The maximum absolute atomic E-state index is 11.7. The Morgan fingerprint density at radius 1 is 1.50 bits per heavy atom. The first-order valence-corrected chi connectivity index (χ1v) is 5.65. The molecule has 5 nitrogen and oxygen atoms in total. The molecule has 0 saturated heterocycles. The largest absolute Gasteiger partial charge is 0.456 e. The van der Waals surface area contributed by atoms with Crippen LogP contribution in [-0.4, -0.2) is 15.7 Å². The van der Waals surface area contributed by atoms with Crippen LogP contribution in [0.4, 0.5) is 5.69 Å². The molecular formula is C12H12ClN3O2. The number of hydrogen-bond acceptors (Lipinski definition) is 4. The van der Waals surface area contributed by atoms with Crippen molar-refractivity contribution in [3.8, 4) is 0 Å². The molecule has 0 unspecified atom stereocenters. The smallest absolute Gasteiger partial charge is 0.338 e. The number of nitrogens with two attached hydrogens (primary N) is 1. The highest BCUT2D eigenvalue weighted by Crippen LogP contribution is 2.20. The van der Waals surface area contributed by atoms with Gasteiger partial charge in [-0.1, -0.05) is 11.6 Å². The summed E-state index contributed by atoms with van der Waals surface area (Å²) in [4.78, 5) is 11.7. The Hall–Kier alpha value is -2.01. The third kappa shape index (κ3) is 2.81. The molecule has 1 heterocycles. The number of carbonyl (C=O) groups excluding carboxylic acids is 1. The van der Waals surface area contributed by atoms with E-state index in [0.29, 0.717) is 22.0 Å². The second-order valence-electron chi connectivity index (χ2n) is 3.79. The number of nitrogen functional groups attached to an aromatic ring is 1. The van der Waals surface area contributed by atoms with Crippen LogP contribution in [0.3, 0.4) is 0 Å². The van der Waals surface area contributed by atoms with Crippen molar-refractivity contribution >= 4 is 23.3 Å². The number of anilines is 1. The van der Waals surface area contributed by atoms with E-state index >= 15 is 0 Å². The van der Waals surface area contributed by atoms with Crippen molar-refractivity contribution < 1.29 is 9.53 Å². The first kappa shape index (κ1) is 12.4. The highest BCUT2D eigenvalue weighted by atomic mass is 35.5. The maximum atomic E-state index is 11.7. The molecule has 0 radical (unpaired) electrons. The summed E-state index contributed by atoms with van der Waals surface area (Å²) < 4.78 is 6.75. The Morgan fingerprint density at radius 3 is 2.89 bits per heavy atom. The lowest BCUT2D eigenvalue weighted by atomic mass is 10.2. The number of halogens is 1. The van der Waals surface area contributed by atoms with Crippen LogP contribution in [-0.2, 0) is 18.4 Å². The Morgan fingerprint density at radius 2 is 2.28 bits per heavy atom. The lowest BCUT2D eigenvalue weighted by molar-refractivity contribution is 0.0467. The second-order valence-corrected chi connectivity index (χ2v) is 4.20. The zero-order chi connectivity index (χ0) is 13.1. The van der Waals surface area contributed by atoms with E-state index in [9.17, 15) is 4.79 Å². The molecule has 0 aliphatic carbocycles. The van der Waals surface area contributed by atoms with Gasteiger partial charge >= 0.3 is 5.97 Å². The molecule has 2 rings (SSSR count). The van der Waals surface area contributed by atoms with E-state index in [0.717, 1.165) is 0 Å². The summed E-state index contributed by atoms with van der Waals surface area (Å²) in [7, 11) is 1.80. The van der Waals surface area contributed by atoms with Gasteiger partial charge in [0.15, 0.2) is 0 Å². The summed E-state index contributed by atoms with van der Waals surface area (Å²) in [5, 5.41) is 4.44. The van der Waals surface area contributed by atoms with Crippen molar-refractivity contribution in [3.05, 3.63) is 46.7 Å². The van der Waals surface area contributed by atoms with Gasteiger partial charge in [0.2, 0.25) is 0 Å². The molecule has 0 saturated carbocycles. The Balaban J connectivity index is 2.01. The predicted molar refractivity (Wildman–Crippen MR) is 68.2 cm³/mol. The number of rotatable bonds is 3. The fraction of sp³-hybridized carbons (Fsp3) is 0.167. The van der Waals surface area contributed by atoms with Crippen molar-refractivity contribution in [2.75, 3.05) is 5.73 Å². The maximum Gasteiger partial charge on any atom is 0.338 e. The zero-order valence-electron chi connectivity index (χ0n) is 9.76. The molecule has 0 aliphatic rings. The van der Waals surface area contributed by atoms with E-state index in [1.807, 2.05) is 0 Å². The predicted octanol–water partition coefficient (Wildman–Crippen LogP) is 2.01. The summed E-state index contributed by atoms with van der Waals surface area (Å²) in [6, 6.07) is 6.41. The number of aromatic nitrogens is 2. The number of aryl methyl sites for hydroxylation is 1. The number of carbonyl (C=O) groups is 1. The van der Waals surface area contributed by atoms with E-state index < -0.39 is 5.97 Å². The van der Waals surface area contributed by atoms with Gasteiger partial charge in [0, 0.05) is 13.2 Å². The summed E-state index contributed by atoms with van der Waals surface area (Å²) in [5.74, 6) is -0.456. The number of nitrogens with zero attached hydrogens (tertiary/aromatic N) is 2. The van der Waals surface area contributed by atoms with E-state index in [4.69, 9.17) is 22.1 Å². The van der Waals surface area contributed by atoms with Crippen LogP contribution in [0, 0.1) is 0 Å². The molecule has 1 aromatic carbocycles. The third-order valence-electron chi connectivity index (χ3n) is 2.36. The summed E-state index contributed by atoms with van der Waals surface area (Å²) in [6.45, 7) is 0.127. The topological polar surface area (TPSA) is 70.1 Å². The first-order valence-electron chi connectivity index (χ1n) is 5.27. The minimum absolute atomic E-state index is 0.127. The van der Waals surface area contributed by atoms with E-state index in [1.54, 1.807) is 36.1 Å². The summed E-state index contributed by atoms with van der Waals surface area (Å²) >= 11 is 5.83. The van der Waals surface area contributed by atoms with Gasteiger partial charge in [-0.3, -0.25) is 4.68 Å². The molecule has 2 N–H and O–H groups in total. The normalized spacial score (nSPS) is 10.3. The van der Waals surface area contributed by atoms with Crippen LogP contribution in [0.25, 0.3) is 0 Å². The van der Waals surface area contributed by atoms with Crippen LogP contribution in [0.2, 0.25) is 5.02 Å². The van der Waals surface area contributed by atoms with Crippen LogP contribution in [0.1, 0.15) is 16.1 Å². The Bertz CT molecular complexity index is 580. The minimum Gasteiger partial charge on any atom is -0.456 e. The monoisotopic (exact) mass is 265 g/mol. The van der Waals surface area contributed by atoms with Crippen LogP contribution >= 0.6 is 11.6 Å². The fourth-order valence-corrected chi connectivity index (χ4v) is 1.60. The standard InChI is InChI=1S/C12H12ClN3O2/c1-16-5-4-9(15-16)7-18-12(17)8-2-3-11(14)10(13)6-8/h2-6H,7,14H2,1H3. The number of hydrogen-bond donors (Lipinski definition) is 1. The van der Waals surface area contributed by atoms with Gasteiger partial charge < -0.3 is 10.5 Å². The first-order chi connectivity index (χ1) is 8.56. The van der Waals surface area contributed by atoms with Crippen molar-refractivity contribution in [3.63, 3.8) is 0 Å². The lowest BCUT2D eigenvalue weighted by Gasteiger charge is -2.04. The van der Waals surface area contributed by atoms with E-state index in [-0.39, 0.29) is 6.61 Å². The number of ether oxygens (including phenoxy) is 1. The van der Waals surface area contributed by atoms with Gasteiger partial charge in [-0.25, -0.2) is 4.79 Å². The molecule has 2 aromatic rings. The molecular weight excluding hydrogens is 254 g/mol. The van der Waals surface area contributed by atoms with E-state index in [2.05, 4.69) is 5.10 Å². The summed E-state index contributed by atoms with van der Waals surface area (Å²) in [6.07, 6.45) is 1.78. The molecule has 0 spiro atoms. The quantitative estimate of drug-likeness (QED) is 0.681. The van der Waals surface area contributed by atoms with Crippen molar-refractivity contribution in [1.29, 1.82) is 0 Å². The highest BCUT2D eigenvalue weighted by Gasteiger charge is 2.10. The van der Waals surface area contributed by atoms with Gasteiger partial charge in [-0.2, -0.15) is 5.10 Å². The zero-order valence-corrected chi connectivity index (χ0v) is 10.5. The molecule has 6 heteroatoms. The third-order valence-corrected chi connectivity index (χ3v) is 2.68. The number of benzene rings is 1. The van der Waals surface area contributed by atoms with Crippen LogP contribution in [0.15, 0.2) is 30.5 Å². The molecule has 0 bridgehead atoms. The van der Waals surface area contributed by atoms with Crippen LogP contribution in [0.5, 0.6) is 0 Å². The Labute approximate surface area is 109 Å². The van der Waals surface area contributed by atoms with Gasteiger partial charge in [-0.05, 0) is 24.3 Å². The Kier molecular flexibility index (Phi) is 3.53. The number of esters is 1. The van der Waals surface area contributed by atoms with Gasteiger partial charge in [0.25, 0.3) is 0 Å². The fourth-order valence-electron chi connectivity index (χ4n) is 1.42. The molecule has 18 heavy (non-hydrogen) atoms. The van der Waals surface area contributed by atoms with Gasteiger partial charge in [-0.15, -0.1) is 0 Å². The SMILES string of the molecule is Cn1ccc(COC(=O)c2ccc(N)c(Cl)c2)n1. The second kappa shape index (κ2) is 5.10. The average Bonchev–Trinajstić information content (AvgIpc) is 2.75. The molecule has 1 aromatic heterocycles.